The molecule has 1 aromatic carbocycles. The summed E-state index contributed by atoms with van der Waals surface area (Å²) in [6.07, 6.45) is 2.47. The molecule has 3 aromatic rings. The average Bonchev–Trinajstić information content (AvgIpc) is 3.14. The Bertz CT molecular complexity index is 1320. The molecule has 1 amide bonds. The molecular formula is C24H29N5O6. The quantitative estimate of drug-likeness (QED) is 0.306. The van der Waals surface area contributed by atoms with Crippen molar-refractivity contribution in [1.82, 2.24) is 19.9 Å². The van der Waals surface area contributed by atoms with Gasteiger partial charge in [0.25, 0.3) is 11.5 Å². The highest BCUT2D eigenvalue weighted by molar-refractivity contribution is 5.96. The maximum absolute atomic E-state index is 12.6. The predicted molar refractivity (Wildman–Crippen MR) is 129 cm³/mol. The lowest BCUT2D eigenvalue weighted by Gasteiger charge is -2.21. The van der Waals surface area contributed by atoms with Crippen LogP contribution in [0.15, 0.2) is 35.3 Å². The monoisotopic (exact) mass is 483 g/mol. The third-order valence-electron chi connectivity index (χ3n) is 5.63. The van der Waals surface area contributed by atoms with Crippen LogP contribution in [0.1, 0.15) is 55.1 Å². The van der Waals surface area contributed by atoms with Crippen LogP contribution in [0, 0.1) is 0 Å². The van der Waals surface area contributed by atoms with Crippen LogP contribution in [-0.4, -0.2) is 48.6 Å². The minimum Gasteiger partial charge on any atom is -0.481 e. The number of carboxylic acid groups (broad SMARTS) is 2. The predicted octanol–water partition coefficient (Wildman–Crippen LogP) is 1.89. The van der Waals surface area contributed by atoms with E-state index < -0.39 is 23.9 Å². The highest BCUT2D eigenvalue weighted by Gasteiger charge is 2.23. The summed E-state index contributed by atoms with van der Waals surface area (Å²) >= 11 is 0. The van der Waals surface area contributed by atoms with Crippen LogP contribution in [0.25, 0.3) is 11.0 Å². The molecule has 0 aliphatic carbocycles. The Morgan fingerprint density at radius 2 is 1.80 bits per heavy atom. The summed E-state index contributed by atoms with van der Waals surface area (Å²) in [7, 11) is 0. The third-order valence-corrected chi connectivity index (χ3v) is 5.63. The number of aromatic amines is 1. The highest BCUT2D eigenvalue weighted by atomic mass is 16.4. The molecule has 0 saturated carbocycles. The van der Waals surface area contributed by atoms with Gasteiger partial charge in [-0.1, -0.05) is 12.1 Å². The number of carbonyl (C=O) groups is 3. The zero-order chi connectivity index (χ0) is 25.9. The van der Waals surface area contributed by atoms with Crippen LogP contribution in [0.4, 0.5) is 5.95 Å². The van der Waals surface area contributed by atoms with Crippen LogP contribution in [0.2, 0.25) is 0 Å². The molecule has 3 rings (SSSR count). The second-order valence-electron chi connectivity index (χ2n) is 9.34. The number of aromatic nitrogens is 3. The zero-order valence-corrected chi connectivity index (χ0v) is 19.8. The van der Waals surface area contributed by atoms with E-state index >= 15 is 0 Å². The number of hydrogen-bond donors (Lipinski definition) is 5. The number of benzene rings is 1. The van der Waals surface area contributed by atoms with Gasteiger partial charge >= 0.3 is 11.9 Å². The number of anilines is 1. The van der Waals surface area contributed by atoms with Crippen molar-refractivity contribution in [1.29, 1.82) is 0 Å². The van der Waals surface area contributed by atoms with E-state index in [0.717, 1.165) is 11.1 Å². The summed E-state index contributed by atoms with van der Waals surface area (Å²) in [6, 6.07) is 5.37. The first kappa shape index (κ1) is 25.5. The number of nitrogen functional groups attached to an aromatic ring is 1. The second kappa shape index (κ2) is 10.00. The van der Waals surface area contributed by atoms with Gasteiger partial charge in [-0.2, -0.15) is 4.98 Å². The standard InChI is InChI=1S/C24H29N5O6/c1-24(2,3)29-12-15(18-19(29)27-23(25)28-21(18)33)9-6-13-4-7-14(8-5-13)20(32)26-16(22(34)35)10-11-17(30)31/h4-5,7-8,12,16H,6,9-11H2,1-3H3,(H,26,32)(H,30,31)(H,34,35)(H3,25,27,28,33). The lowest BCUT2D eigenvalue weighted by molar-refractivity contribution is -0.140. The summed E-state index contributed by atoms with van der Waals surface area (Å²) in [5, 5.41) is 20.8. The number of H-pyrrole nitrogens is 1. The molecule has 0 aliphatic rings. The molecule has 0 bridgehead atoms. The fraction of sp³-hybridized carbons (Fsp3) is 0.375. The van der Waals surface area contributed by atoms with Gasteiger partial charge in [0.15, 0.2) is 0 Å². The van der Waals surface area contributed by atoms with Gasteiger partial charge in [-0.15, -0.1) is 0 Å². The van der Waals surface area contributed by atoms with Crippen LogP contribution < -0.4 is 16.6 Å². The maximum atomic E-state index is 12.6. The summed E-state index contributed by atoms with van der Waals surface area (Å²) in [6.45, 7) is 6.03. The molecule has 0 spiro atoms. The van der Waals surface area contributed by atoms with Gasteiger partial charge in [0.05, 0.1) is 5.39 Å². The van der Waals surface area contributed by atoms with Crippen molar-refractivity contribution in [2.24, 2.45) is 0 Å². The molecule has 186 valence electrons. The third kappa shape index (κ3) is 6.05. The number of carboxylic acids is 2. The van der Waals surface area contributed by atoms with Gasteiger partial charge in [0, 0.05) is 23.7 Å². The number of amides is 1. The number of rotatable bonds is 9. The molecule has 0 fully saturated rings. The summed E-state index contributed by atoms with van der Waals surface area (Å²) in [5.74, 6) is -2.98. The Kier molecular flexibility index (Phi) is 7.28. The molecule has 11 heteroatoms. The summed E-state index contributed by atoms with van der Waals surface area (Å²) in [4.78, 5) is 53.9. The molecule has 0 saturated heterocycles. The summed E-state index contributed by atoms with van der Waals surface area (Å²) in [5.41, 5.74) is 7.68. The van der Waals surface area contributed by atoms with Gasteiger partial charge in [-0.05, 0) is 63.3 Å². The fourth-order valence-corrected chi connectivity index (χ4v) is 3.79. The first-order chi connectivity index (χ1) is 16.4. The molecule has 6 N–H and O–H groups in total. The van der Waals surface area contributed by atoms with E-state index in [1.807, 2.05) is 31.5 Å². The number of nitrogens with two attached hydrogens (primary N) is 1. The Morgan fingerprint density at radius 1 is 1.14 bits per heavy atom. The molecule has 1 atom stereocenters. The largest absolute Gasteiger partial charge is 0.481 e. The topological polar surface area (TPSA) is 180 Å². The minimum absolute atomic E-state index is 0.0552. The van der Waals surface area contributed by atoms with Crippen molar-refractivity contribution in [3.05, 3.63) is 57.5 Å². The molecule has 2 aromatic heterocycles. The van der Waals surface area contributed by atoms with Crippen molar-refractivity contribution in [3.63, 3.8) is 0 Å². The van der Waals surface area contributed by atoms with Gasteiger partial charge in [-0.3, -0.25) is 19.4 Å². The number of carbonyl (C=O) groups excluding carboxylic acids is 1. The number of nitrogens with zero attached hydrogens (tertiary/aromatic N) is 2. The zero-order valence-electron chi connectivity index (χ0n) is 19.8. The van der Waals surface area contributed by atoms with E-state index in [4.69, 9.17) is 10.8 Å². The van der Waals surface area contributed by atoms with Gasteiger partial charge in [0.2, 0.25) is 5.95 Å². The van der Waals surface area contributed by atoms with Crippen LogP contribution in [0.3, 0.4) is 0 Å². The SMILES string of the molecule is CC(C)(C)n1cc(CCc2ccc(C(=O)NC(CCC(=O)O)C(=O)O)cc2)c2c(=O)[nH]c(N)nc21. The Labute approximate surface area is 201 Å². The molecule has 11 nitrogen and oxygen atoms in total. The van der Waals surface area contributed by atoms with Crippen molar-refractivity contribution in [2.45, 2.75) is 58.0 Å². The second-order valence-corrected chi connectivity index (χ2v) is 9.34. The molecule has 1 unspecified atom stereocenters. The smallest absolute Gasteiger partial charge is 0.326 e. The highest BCUT2D eigenvalue weighted by Crippen LogP contribution is 2.25. The number of hydrogen-bond acceptors (Lipinski definition) is 6. The first-order valence-electron chi connectivity index (χ1n) is 11.1. The Hall–Kier alpha value is -4.15. The number of aryl methyl sites for hydroxylation is 2. The lowest BCUT2D eigenvalue weighted by Crippen LogP contribution is -2.41. The number of fused-ring (bicyclic) bond motifs is 1. The first-order valence-corrected chi connectivity index (χ1v) is 11.1. The van der Waals surface area contributed by atoms with Crippen LogP contribution in [0.5, 0.6) is 0 Å². The lowest BCUT2D eigenvalue weighted by atomic mass is 10.0. The Balaban J connectivity index is 1.74. The van der Waals surface area contributed by atoms with Gasteiger partial charge < -0.3 is 25.8 Å². The molecule has 0 aliphatic heterocycles. The maximum Gasteiger partial charge on any atom is 0.326 e. The van der Waals surface area contributed by atoms with Crippen molar-refractivity contribution in [3.8, 4) is 0 Å². The van der Waals surface area contributed by atoms with Gasteiger partial charge in [0.1, 0.15) is 11.7 Å². The molecular weight excluding hydrogens is 454 g/mol. The Morgan fingerprint density at radius 3 is 2.37 bits per heavy atom. The van der Waals surface area contributed by atoms with E-state index in [0.29, 0.717) is 23.9 Å². The van der Waals surface area contributed by atoms with E-state index in [2.05, 4.69) is 15.3 Å². The minimum atomic E-state index is -1.29. The van der Waals surface area contributed by atoms with Crippen LogP contribution >= 0.6 is 0 Å². The summed E-state index contributed by atoms with van der Waals surface area (Å²) < 4.78 is 1.93. The normalized spacial score (nSPS) is 12.4. The van der Waals surface area contributed by atoms with Crippen molar-refractivity contribution in [2.75, 3.05) is 5.73 Å². The molecule has 0 radical (unpaired) electrons. The number of aliphatic carboxylic acids is 2. The van der Waals surface area contributed by atoms with Gasteiger partial charge in [-0.25, -0.2) is 4.79 Å². The molecule has 35 heavy (non-hydrogen) atoms. The average molecular weight is 484 g/mol. The van der Waals surface area contributed by atoms with Crippen LogP contribution in [-0.2, 0) is 28.0 Å². The van der Waals surface area contributed by atoms with E-state index in [1.54, 1.807) is 24.3 Å². The van der Waals surface area contributed by atoms with Crippen molar-refractivity contribution < 1.29 is 24.6 Å². The van der Waals surface area contributed by atoms with E-state index in [-0.39, 0.29) is 35.5 Å². The molecule has 2 heterocycles. The number of nitrogens with one attached hydrogen (secondary N) is 2. The fourth-order valence-electron chi connectivity index (χ4n) is 3.79. The van der Waals surface area contributed by atoms with E-state index in [9.17, 15) is 24.3 Å². The van der Waals surface area contributed by atoms with Crippen molar-refractivity contribution >= 4 is 34.8 Å². The van der Waals surface area contributed by atoms with E-state index in [1.165, 1.54) is 0 Å².